The van der Waals surface area contributed by atoms with E-state index in [1.807, 2.05) is 13.8 Å². The number of carbonyl (C=O) groups excluding carboxylic acids is 2. The highest BCUT2D eigenvalue weighted by atomic mass is 19.1. The third kappa shape index (κ3) is 6.23. The molecule has 3 aromatic rings. The Kier molecular flexibility index (Phi) is 8.02. The molecule has 37 heavy (non-hydrogen) atoms. The number of hydrogen-bond acceptors (Lipinski definition) is 5. The van der Waals surface area contributed by atoms with Gasteiger partial charge >= 0.3 is 6.03 Å². The molecule has 0 unspecified atom stereocenters. The summed E-state index contributed by atoms with van der Waals surface area (Å²) in [5.74, 6) is -1.34. The average molecular weight is 514 g/mol. The van der Waals surface area contributed by atoms with Crippen LogP contribution in [0.4, 0.5) is 19.3 Å². The number of benzene rings is 2. The molecule has 4 rings (SSSR count). The molecule has 4 N–H and O–H groups in total. The molecule has 0 spiro atoms. The first-order valence-electron chi connectivity index (χ1n) is 12.0. The monoisotopic (exact) mass is 513 g/mol. The van der Waals surface area contributed by atoms with Crippen LogP contribution in [0.3, 0.4) is 0 Å². The van der Waals surface area contributed by atoms with Gasteiger partial charge in [0.25, 0.3) is 5.91 Å². The van der Waals surface area contributed by atoms with Crippen LogP contribution in [0.5, 0.6) is 5.75 Å². The minimum Gasteiger partial charge on any atom is -0.484 e. The van der Waals surface area contributed by atoms with Crippen LogP contribution in [-0.2, 0) is 11.2 Å². The van der Waals surface area contributed by atoms with Crippen molar-refractivity contribution >= 4 is 17.6 Å². The van der Waals surface area contributed by atoms with E-state index in [4.69, 9.17) is 4.74 Å². The van der Waals surface area contributed by atoms with Gasteiger partial charge < -0.3 is 20.5 Å². The first kappa shape index (κ1) is 26.1. The number of rotatable bonds is 9. The zero-order valence-electron chi connectivity index (χ0n) is 20.6. The van der Waals surface area contributed by atoms with Crippen LogP contribution in [0.25, 0.3) is 11.1 Å². The molecule has 1 aliphatic heterocycles. The van der Waals surface area contributed by atoms with Crippen molar-refractivity contribution in [3.8, 4) is 16.9 Å². The second kappa shape index (κ2) is 11.4. The Hall–Kier alpha value is -3.99. The molecule has 3 amide bonds. The number of hydrogen-bond donors (Lipinski definition) is 4. The number of aromatic amines is 1. The Morgan fingerprint density at radius 2 is 2.00 bits per heavy atom. The Morgan fingerprint density at radius 3 is 2.70 bits per heavy atom. The molecule has 0 radical (unpaired) electrons. The van der Waals surface area contributed by atoms with E-state index < -0.39 is 23.7 Å². The summed E-state index contributed by atoms with van der Waals surface area (Å²) in [7, 11) is 0. The average Bonchev–Trinajstić information content (AvgIpc) is 3.51. The first-order chi connectivity index (χ1) is 17.7. The fourth-order valence-electron chi connectivity index (χ4n) is 4.30. The van der Waals surface area contributed by atoms with Gasteiger partial charge in [0.15, 0.2) is 6.61 Å². The number of aromatic nitrogens is 2. The molecule has 0 saturated heterocycles. The number of halogens is 2. The zero-order chi connectivity index (χ0) is 26.5. The number of ether oxygens (including phenoxy) is 1. The van der Waals surface area contributed by atoms with Gasteiger partial charge in [-0.3, -0.25) is 14.8 Å². The summed E-state index contributed by atoms with van der Waals surface area (Å²) in [4.78, 5) is 26.5. The third-order valence-electron chi connectivity index (χ3n) is 5.95. The molecule has 2 heterocycles. The molecule has 11 heteroatoms. The number of amides is 3. The lowest BCUT2D eigenvalue weighted by molar-refractivity contribution is -0.123. The third-order valence-corrected chi connectivity index (χ3v) is 5.95. The first-order valence-corrected chi connectivity index (χ1v) is 12.0. The van der Waals surface area contributed by atoms with Gasteiger partial charge in [0.1, 0.15) is 17.4 Å². The summed E-state index contributed by atoms with van der Waals surface area (Å²) in [5, 5.41) is 21.6. The van der Waals surface area contributed by atoms with E-state index in [1.54, 1.807) is 12.3 Å². The van der Waals surface area contributed by atoms with E-state index in [1.165, 1.54) is 29.3 Å². The summed E-state index contributed by atoms with van der Waals surface area (Å²) in [6.07, 6.45) is 3.76. The summed E-state index contributed by atoms with van der Waals surface area (Å²) >= 11 is 0. The quantitative estimate of drug-likeness (QED) is 0.349. The summed E-state index contributed by atoms with van der Waals surface area (Å²) < 4.78 is 34.7. The van der Waals surface area contributed by atoms with Crippen LogP contribution in [0.15, 0.2) is 42.7 Å². The van der Waals surface area contributed by atoms with E-state index in [0.29, 0.717) is 35.3 Å². The predicted molar refractivity (Wildman–Crippen MR) is 133 cm³/mol. The fraction of sp³-hybridized carbons (Fsp3) is 0.346. The van der Waals surface area contributed by atoms with Crippen LogP contribution in [-0.4, -0.2) is 53.0 Å². The number of anilines is 1. The van der Waals surface area contributed by atoms with Gasteiger partial charge in [-0.1, -0.05) is 0 Å². The van der Waals surface area contributed by atoms with Crippen molar-refractivity contribution in [1.82, 2.24) is 20.8 Å². The fourth-order valence-corrected chi connectivity index (χ4v) is 4.30. The lowest BCUT2D eigenvalue weighted by Gasteiger charge is -2.24. The molecule has 2 aromatic carbocycles. The maximum atomic E-state index is 14.9. The number of fused-ring (bicyclic) bond motifs is 1. The molecule has 0 saturated carbocycles. The molecule has 0 bridgehead atoms. The highest BCUT2D eigenvalue weighted by molar-refractivity contribution is 5.95. The van der Waals surface area contributed by atoms with Crippen LogP contribution < -0.4 is 20.3 Å². The second-order valence-electron chi connectivity index (χ2n) is 9.09. The predicted octanol–water partition coefficient (Wildman–Crippen LogP) is 3.45. The van der Waals surface area contributed by atoms with E-state index in [0.717, 1.165) is 11.6 Å². The van der Waals surface area contributed by atoms with Gasteiger partial charge in [-0.25, -0.2) is 13.6 Å². The molecule has 1 aliphatic rings. The van der Waals surface area contributed by atoms with Gasteiger partial charge in [-0.15, -0.1) is 0 Å². The van der Waals surface area contributed by atoms with Crippen LogP contribution >= 0.6 is 0 Å². The molecule has 1 atom stereocenters. The number of urea groups is 1. The topological polar surface area (TPSA) is 120 Å². The number of nitrogens with one attached hydrogen (secondary N) is 3. The minimum absolute atomic E-state index is 0.0650. The maximum Gasteiger partial charge on any atom is 0.322 e. The van der Waals surface area contributed by atoms with E-state index in [2.05, 4.69) is 20.8 Å². The molecule has 196 valence electrons. The minimum atomic E-state index is -0.751. The highest BCUT2D eigenvalue weighted by Crippen LogP contribution is 2.35. The number of aliphatic hydroxyl groups excluding tert-OH is 1. The van der Waals surface area contributed by atoms with Crippen molar-refractivity contribution in [2.45, 2.75) is 38.8 Å². The van der Waals surface area contributed by atoms with Crippen LogP contribution in [0.1, 0.15) is 37.4 Å². The van der Waals surface area contributed by atoms with Gasteiger partial charge in [-0.05, 0) is 62.1 Å². The SMILES string of the molecule is CC(C)NC(=O)COc1cc(F)cc([C@@H](CCO)NC(=O)N2CCc3cc(-c4cn[nH]c4)c(F)cc32)c1. The van der Waals surface area contributed by atoms with Crippen molar-refractivity contribution in [3.63, 3.8) is 0 Å². The highest BCUT2D eigenvalue weighted by Gasteiger charge is 2.29. The Bertz CT molecular complexity index is 1270. The number of aliphatic hydroxyl groups is 1. The van der Waals surface area contributed by atoms with E-state index >= 15 is 0 Å². The Morgan fingerprint density at radius 1 is 1.19 bits per heavy atom. The zero-order valence-corrected chi connectivity index (χ0v) is 20.6. The summed E-state index contributed by atoms with van der Waals surface area (Å²) in [6, 6.07) is 5.60. The van der Waals surface area contributed by atoms with E-state index in [9.17, 15) is 23.5 Å². The Balaban J connectivity index is 1.50. The van der Waals surface area contributed by atoms with Crippen molar-refractivity contribution in [2.24, 2.45) is 0 Å². The van der Waals surface area contributed by atoms with Crippen molar-refractivity contribution in [1.29, 1.82) is 0 Å². The molecular weight excluding hydrogens is 484 g/mol. The number of carbonyl (C=O) groups is 2. The smallest absolute Gasteiger partial charge is 0.322 e. The molecule has 1 aromatic heterocycles. The van der Waals surface area contributed by atoms with Gasteiger partial charge in [0.05, 0.1) is 17.9 Å². The van der Waals surface area contributed by atoms with Crippen LogP contribution in [0, 0.1) is 11.6 Å². The maximum absolute atomic E-state index is 14.9. The number of nitrogens with zero attached hydrogens (tertiary/aromatic N) is 2. The molecule has 0 aliphatic carbocycles. The molecular formula is C26H29F2N5O4. The Labute approximate surface area is 212 Å². The summed E-state index contributed by atoms with van der Waals surface area (Å²) in [5.41, 5.74) is 2.62. The van der Waals surface area contributed by atoms with Crippen molar-refractivity contribution < 1.29 is 28.2 Å². The van der Waals surface area contributed by atoms with Gasteiger partial charge in [0.2, 0.25) is 0 Å². The molecule has 0 fully saturated rings. The van der Waals surface area contributed by atoms with Crippen molar-refractivity contribution in [2.75, 3.05) is 24.7 Å². The lowest BCUT2D eigenvalue weighted by atomic mass is 10.0. The standard InChI is InChI=1S/C26H29F2N5O4/c1-15(2)31-25(35)14-37-20-8-17(7-19(27)10-20)23(4-6-34)32-26(36)33-5-3-16-9-21(18-12-29-30-13-18)22(28)11-24(16)33/h7-13,15,23,34H,3-6,14H2,1-2H3,(H,29,30)(H,31,35)(H,32,36)/t23-/m1/s1. The molecule has 9 nitrogen and oxygen atoms in total. The lowest BCUT2D eigenvalue weighted by Crippen LogP contribution is -2.41. The largest absolute Gasteiger partial charge is 0.484 e. The number of H-pyrrole nitrogens is 1. The van der Waals surface area contributed by atoms with Crippen molar-refractivity contribution in [3.05, 3.63) is 65.5 Å². The van der Waals surface area contributed by atoms with E-state index in [-0.39, 0.29) is 37.3 Å². The summed E-state index contributed by atoms with van der Waals surface area (Å²) in [6.45, 7) is 3.39. The van der Waals surface area contributed by atoms with Crippen LogP contribution in [0.2, 0.25) is 0 Å². The second-order valence-corrected chi connectivity index (χ2v) is 9.09. The normalized spacial score (nSPS) is 13.4. The van der Waals surface area contributed by atoms with Gasteiger partial charge in [-0.2, -0.15) is 5.10 Å². The van der Waals surface area contributed by atoms with Gasteiger partial charge in [0, 0.05) is 42.6 Å².